The number of nitrogens with two attached hydrogens (primary N) is 2. The van der Waals surface area contributed by atoms with Crippen molar-refractivity contribution in [3.8, 4) is 5.75 Å². The van der Waals surface area contributed by atoms with E-state index in [4.69, 9.17) is 16.2 Å². The number of hydrogen-bond donors (Lipinski definition) is 2. The topological polar surface area (TPSA) is 78.3 Å². The molecule has 4 nitrogen and oxygen atoms in total. The zero-order chi connectivity index (χ0) is 12.0. The molecule has 0 spiro atoms. The fourth-order valence-corrected chi connectivity index (χ4v) is 1.36. The first kappa shape index (κ1) is 12.5. The van der Waals surface area contributed by atoms with Crippen molar-refractivity contribution in [1.82, 2.24) is 0 Å². The number of benzene rings is 1. The van der Waals surface area contributed by atoms with Gasteiger partial charge in [-0.1, -0.05) is 19.1 Å². The maximum Gasteiger partial charge on any atom is 0.255 e. The molecule has 4 N–H and O–H groups in total. The van der Waals surface area contributed by atoms with Crippen molar-refractivity contribution in [2.45, 2.75) is 25.8 Å². The summed E-state index contributed by atoms with van der Waals surface area (Å²) in [6, 6.07) is 7.72. The Morgan fingerprint density at radius 1 is 1.50 bits per heavy atom. The van der Waals surface area contributed by atoms with Gasteiger partial charge in [0.25, 0.3) is 5.91 Å². The van der Waals surface area contributed by atoms with Gasteiger partial charge >= 0.3 is 0 Å². The fraction of sp³-hybridized carbons (Fsp3) is 0.417. The second kappa shape index (κ2) is 6.12. The predicted octanol–water partition coefficient (Wildman–Crippen LogP) is 0.830. The number of carbonyl (C=O) groups is 1. The first-order valence-corrected chi connectivity index (χ1v) is 5.37. The maximum atomic E-state index is 10.6. The minimum absolute atomic E-state index is 0.0940. The van der Waals surface area contributed by atoms with E-state index in [9.17, 15) is 4.79 Å². The number of ether oxygens (including phenoxy) is 1. The van der Waals surface area contributed by atoms with Crippen LogP contribution in [-0.4, -0.2) is 18.6 Å². The molecule has 0 fully saturated rings. The molecule has 4 heteroatoms. The second-order valence-corrected chi connectivity index (χ2v) is 3.77. The molecule has 0 saturated heterocycles. The second-order valence-electron chi connectivity index (χ2n) is 3.77. The summed E-state index contributed by atoms with van der Waals surface area (Å²) in [7, 11) is 0. The number of amides is 1. The number of carbonyl (C=O) groups excluding carboxylic acids is 1. The van der Waals surface area contributed by atoms with Crippen molar-refractivity contribution in [2.75, 3.05) is 6.61 Å². The minimum Gasteiger partial charge on any atom is -0.484 e. The Kier molecular flexibility index (Phi) is 4.79. The van der Waals surface area contributed by atoms with Crippen molar-refractivity contribution >= 4 is 5.91 Å². The smallest absolute Gasteiger partial charge is 0.255 e. The molecule has 0 aromatic heterocycles. The van der Waals surface area contributed by atoms with E-state index in [1.165, 1.54) is 0 Å². The maximum absolute atomic E-state index is 10.6. The molecule has 1 unspecified atom stereocenters. The molecule has 1 amide bonds. The van der Waals surface area contributed by atoms with Crippen LogP contribution in [0.25, 0.3) is 0 Å². The molecule has 1 aromatic rings. The van der Waals surface area contributed by atoms with E-state index in [0.29, 0.717) is 5.75 Å². The molecular weight excluding hydrogens is 204 g/mol. The van der Waals surface area contributed by atoms with E-state index in [2.05, 4.69) is 6.92 Å². The summed E-state index contributed by atoms with van der Waals surface area (Å²) in [4.78, 5) is 10.6. The Morgan fingerprint density at radius 2 is 2.25 bits per heavy atom. The van der Waals surface area contributed by atoms with Crippen LogP contribution in [0.15, 0.2) is 24.3 Å². The van der Waals surface area contributed by atoms with Gasteiger partial charge in [0.2, 0.25) is 0 Å². The summed E-state index contributed by atoms with van der Waals surface area (Å²) in [6.45, 7) is 1.96. The monoisotopic (exact) mass is 222 g/mol. The third-order valence-corrected chi connectivity index (χ3v) is 2.30. The predicted molar refractivity (Wildman–Crippen MR) is 63.1 cm³/mol. The summed E-state index contributed by atoms with van der Waals surface area (Å²) >= 11 is 0. The Morgan fingerprint density at radius 3 is 2.88 bits per heavy atom. The van der Waals surface area contributed by atoms with Crippen LogP contribution in [0.5, 0.6) is 5.75 Å². The number of rotatable bonds is 6. The molecule has 0 aliphatic heterocycles. The quantitative estimate of drug-likeness (QED) is 0.748. The SMILES string of the molecule is CCC(N)Cc1cccc(OCC(N)=O)c1. The third-order valence-electron chi connectivity index (χ3n) is 2.30. The van der Waals surface area contributed by atoms with Crippen LogP contribution in [-0.2, 0) is 11.2 Å². The van der Waals surface area contributed by atoms with E-state index in [0.717, 1.165) is 18.4 Å². The van der Waals surface area contributed by atoms with Crippen LogP contribution < -0.4 is 16.2 Å². The van der Waals surface area contributed by atoms with Gasteiger partial charge < -0.3 is 16.2 Å². The van der Waals surface area contributed by atoms with Gasteiger partial charge in [0.1, 0.15) is 5.75 Å². The highest BCUT2D eigenvalue weighted by Crippen LogP contribution is 2.14. The van der Waals surface area contributed by atoms with Gasteiger partial charge in [-0.15, -0.1) is 0 Å². The molecule has 0 saturated carbocycles. The lowest BCUT2D eigenvalue weighted by Gasteiger charge is -2.10. The highest BCUT2D eigenvalue weighted by atomic mass is 16.5. The summed E-state index contributed by atoms with van der Waals surface area (Å²) < 4.78 is 5.21. The van der Waals surface area contributed by atoms with Crippen LogP contribution >= 0.6 is 0 Å². The zero-order valence-corrected chi connectivity index (χ0v) is 9.48. The molecule has 1 rings (SSSR count). The fourth-order valence-electron chi connectivity index (χ4n) is 1.36. The van der Waals surface area contributed by atoms with Crippen molar-refractivity contribution in [2.24, 2.45) is 11.5 Å². The Labute approximate surface area is 95.6 Å². The van der Waals surface area contributed by atoms with Crippen LogP contribution in [0.1, 0.15) is 18.9 Å². The lowest BCUT2D eigenvalue weighted by Crippen LogP contribution is -2.21. The average molecular weight is 222 g/mol. The molecule has 1 aromatic carbocycles. The number of hydrogen-bond acceptors (Lipinski definition) is 3. The van der Waals surface area contributed by atoms with Crippen molar-refractivity contribution in [1.29, 1.82) is 0 Å². The molecule has 88 valence electrons. The van der Waals surface area contributed by atoms with Gasteiger partial charge in [-0.3, -0.25) is 4.79 Å². The third kappa shape index (κ3) is 4.31. The molecule has 0 bridgehead atoms. The van der Waals surface area contributed by atoms with E-state index in [-0.39, 0.29) is 12.6 Å². The summed E-state index contributed by atoms with van der Waals surface area (Å²) in [6.07, 6.45) is 1.75. The molecule has 0 radical (unpaired) electrons. The van der Waals surface area contributed by atoms with Crippen molar-refractivity contribution < 1.29 is 9.53 Å². The van der Waals surface area contributed by atoms with E-state index < -0.39 is 5.91 Å². The minimum atomic E-state index is -0.476. The normalized spacial score (nSPS) is 12.1. The lowest BCUT2D eigenvalue weighted by molar-refractivity contribution is -0.119. The van der Waals surface area contributed by atoms with Crippen molar-refractivity contribution in [3.63, 3.8) is 0 Å². The standard InChI is InChI=1S/C12H18N2O2/c1-2-10(13)6-9-4-3-5-11(7-9)16-8-12(14)15/h3-5,7,10H,2,6,8,13H2,1H3,(H2,14,15). The van der Waals surface area contributed by atoms with E-state index in [1.807, 2.05) is 18.2 Å². The van der Waals surface area contributed by atoms with Crippen LogP contribution in [0.3, 0.4) is 0 Å². The average Bonchev–Trinajstić information content (AvgIpc) is 2.26. The highest BCUT2D eigenvalue weighted by molar-refractivity contribution is 5.75. The summed E-state index contributed by atoms with van der Waals surface area (Å²) in [5.41, 5.74) is 12.0. The lowest BCUT2D eigenvalue weighted by atomic mass is 10.0. The summed E-state index contributed by atoms with van der Waals surface area (Å²) in [5, 5.41) is 0. The van der Waals surface area contributed by atoms with Crippen LogP contribution in [0.4, 0.5) is 0 Å². The molecule has 16 heavy (non-hydrogen) atoms. The van der Waals surface area contributed by atoms with Gasteiger partial charge in [-0.05, 0) is 30.5 Å². The van der Waals surface area contributed by atoms with E-state index >= 15 is 0 Å². The Bertz CT molecular complexity index is 353. The molecule has 1 atom stereocenters. The Hall–Kier alpha value is -1.55. The van der Waals surface area contributed by atoms with Gasteiger partial charge in [0, 0.05) is 6.04 Å². The van der Waals surface area contributed by atoms with E-state index in [1.54, 1.807) is 6.07 Å². The molecule has 0 aliphatic carbocycles. The molecule has 0 heterocycles. The highest BCUT2D eigenvalue weighted by Gasteiger charge is 2.03. The Balaban J connectivity index is 2.60. The number of primary amides is 1. The van der Waals surface area contributed by atoms with Crippen molar-refractivity contribution in [3.05, 3.63) is 29.8 Å². The van der Waals surface area contributed by atoms with Gasteiger partial charge in [0.05, 0.1) is 0 Å². The largest absolute Gasteiger partial charge is 0.484 e. The first-order valence-electron chi connectivity index (χ1n) is 5.37. The van der Waals surface area contributed by atoms with Gasteiger partial charge in [-0.2, -0.15) is 0 Å². The first-order chi connectivity index (χ1) is 7.61. The van der Waals surface area contributed by atoms with Gasteiger partial charge in [-0.25, -0.2) is 0 Å². The van der Waals surface area contributed by atoms with Gasteiger partial charge in [0.15, 0.2) is 6.61 Å². The zero-order valence-electron chi connectivity index (χ0n) is 9.48. The molecule has 0 aliphatic rings. The van der Waals surface area contributed by atoms with Crippen LogP contribution in [0, 0.1) is 0 Å². The van der Waals surface area contributed by atoms with Crippen LogP contribution in [0.2, 0.25) is 0 Å². The molecular formula is C12H18N2O2. The summed E-state index contributed by atoms with van der Waals surface area (Å²) in [5.74, 6) is 0.176.